The molecule has 0 bridgehead atoms. The third-order valence-corrected chi connectivity index (χ3v) is 6.11. The average molecular weight is 456 g/mol. The smallest absolute Gasteiger partial charge is 0.277 e. The minimum absolute atomic E-state index is 0.228. The molecule has 6 nitrogen and oxygen atoms in total. The van der Waals surface area contributed by atoms with Crippen LogP contribution in [0.15, 0.2) is 84.8 Å². The number of carbonyl (C=O) groups is 2. The average Bonchev–Trinajstić information content (AvgIpc) is 3.14. The third kappa shape index (κ3) is 5.01. The quantitative estimate of drug-likeness (QED) is 0.433. The fourth-order valence-electron chi connectivity index (χ4n) is 4.20. The molecule has 2 aromatic carbocycles. The molecule has 1 aliphatic heterocycles. The Kier molecular flexibility index (Phi) is 7.38. The van der Waals surface area contributed by atoms with Crippen LogP contribution >= 0.6 is 0 Å². The number of carbonyl (C=O) groups excluding carboxylic acids is 2. The van der Waals surface area contributed by atoms with Gasteiger partial charge in [0.1, 0.15) is 11.4 Å². The van der Waals surface area contributed by atoms with Gasteiger partial charge in [0.2, 0.25) is 0 Å². The zero-order chi connectivity index (χ0) is 23.9. The number of ether oxygens (including phenoxy) is 1. The topological polar surface area (TPSA) is 62.7 Å². The largest absolute Gasteiger partial charge is 0.497 e. The Labute approximate surface area is 200 Å². The van der Waals surface area contributed by atoms with Crippen LogP contribution in [-0.2, 0) is 22.4 Å². The van der Waals surface area contributed by atoms with Crippen molar-refractivity contribution in [2.75, 3.05) is 26.7 Å². The summed E-state index contributed by atoms with van der Waals surface area (Å²) in [5.74, 6) is 0.316. The summed E-state index contributed by atoms with van der Waals surface area (Å²) in [6, 6.07) is 21.1. The van der Waals surface area contributed by atoms with Gasteiger partial charge in [-0.1, -0.05) is 42.5 Å². The van der Waals surface area contributed by atoms with E-state index in [1.165, 1.54) is 4.90 Å². The van der Waals surface area contributed by atoms with Gasteiger partial charge in [0.05, 0.1) is 12.7 Å². The lowest BCUT2D eigenvalue weighted by molar-refractivity contribution is -0.137. The first-order valence-electron chi connectivity index (χ1n) is 11.5. The van der Waals surface area contributed by atoms with Crippen LogP contribution in [0.4, 0.5) is 0 Å². The van der Waals surface area contributed by atoms with E-state index in [9.17, 15) is 9.59 Å². The van der Waals surface area contributed by atoms with E-state index >= 15 is 0 Å². The van der Waals surface area contributed by atoms with Crippen LogP contribution in [0.5, 0.6) is 5.75 Å². The maximum absolute atomic E-state index is 13.6. The van der Waals surface area contributed by atoms with Gasteiger partial charge in [-0.2, -0.15) is 0 Å². The molecule has 0 radical (unpaired) electrons. The van der Waals surface area contributed by atoms with Gasteiger partial charge in [-0.05, 0) is 60.7 Å². The summed E-state index contributed by atoms with van der Waals surface area (Å²) in [4.78, 5) is 34.6. The highest BCUT2D eigenvalue weighted by molar-refractivity contribution is 6.35. The number of rotatable bonds is 10. The minimum Gasteiger partial charge on any atom is -0.497 e. The summed E-state index contributed by atoms with van der Waals surface area (Å²) in [5.41, 5.74) is 3.93. The highest BCUT2D eigenvalue weighted by Crippen LogP contribution is 2.32. The molecule has 0 N–H and O–H groups in total. The summed E-state index contributed by atoms with van der Waals surface area (Å²) < 4.78 is 5.22. The van der Waals surface area contributed by atoms with Crippen molar-refractivity contribution >= 4 is 17.4 Å². The number of amides is 2. The fourth-order valence-corrected chi connectivity index (χ4v) is 4.20. The predicted molar refractivity (Wildman–Crippen MR) is 132 cm³/mol. The normalized spacial score (nSPS) is 13.5. The van der Waals surface area contributed by atoms with Gasteiger partial charge in [0.25, 0.3) is 11.8 Å². The number of methoxy groups -OCH3 is 1. The first-order valence-corrected chi connectivity index (χ1v) is 11.5. The number of imide groups is 1. The number of nitrogens with zero attached hydrogens (tertiary/aromatic N) is 3. The molecule has 0 saturated heterocycles. The molecule has 1 aromatic heterocycles. The molecule has 6 heteroatoms. The van der Waals surface area contributed by atoms with E-state index in [1.807, 2.05) is 78.6 Å². The maximum atomic E-state index is 13.6. The Hall–Kier alpha value is -3.93. The molecule has 0 unspecified atom stereocenters. The zero-order valence-corrected chi connectivity index (χ0v) is 19.6. The SMILES string of the molecule is CCN(CCc1ccncc1)C1=C(c2ccccc2)C(=O)N(CCc2ccc(OC)cc2)C1=O. The Morgan fingerprint density at radius 2 is 1.53 bits per heavy atom. The van der Waals surface area contributed by atoms with Crippen molar-refractivity contribution in [2.24, 2.45) is 0 Å². The molecule has 0 fully saturated rings. The van der Waals surface area contributed by atoms with Crippen LogP contribution in [0.25, 0.3) is 5.57 Å². The van der Waals surface area contributed by atoms with Gasteiger partial charge in [-0.3, -0.25) is 19.5 Å². The Balaban J connectivity index is 1.59. The molecule has 1 aliphatic rings. The Bertz CT molecular complexity index is 1160. The molecular weight excluding hydrogens is 426 g/mol. The lowest BCUT2D eigenvalue weighted by atomic mass is 10.0. The Morgan fingerprint density at radius 3 is 2.18 bits per heavy atom. The highest BCUT2D eigenvalue weighted by atomic mass is 16.5. The number of benzene rings is 2. The van der Waals surface area contributed by atoms with Crippen molar-refractivity contribution in [2.45, 2.75) is 19.8 Å². The summed E-state index contributed by atoms with van der Waals surface area (Å²) in [6.45, 7) is 3.60. The monoisotopic (exact) mass is 455 g/mol. The van der Waals surface area contributed by atoms with Crippen molar-refractivity contribution in [1.82, 2.24) is 14.8 Å². The van der Waals surface area contributed by atoms with Gasteiger partial charge in [-0.25, -0.2) is 0 Å². The van der Waals surface area contributed by atoms with Crippen molar-refractivity contribution in [3.8, 4) is 5.75 Å². The van der Waals surface area contributed by atoms with E-state index < -0.39 is 0 Å². The van der Waals surface area contributed by atoms with Crippen LogP contribution in [0, 0.1) is 0 Å². The minimum atomic E-state index is -0.234. The van der Waals surface area contributed by atoms with Crippen LogP contribution in [0.3, 0.4) is 0 Å². The van der Waals surface area contributed by atoms with Gasteiger partial charge in [-0.15, -0.1) is 0 Å². The van der Waals surface area contributed by atoms with Crippen molar-refractivity contribution < 1.29 is 14.3 Å². The molecular formula is C28H29N3O3. The number of likely N-dealkylation sites (N-methyl/N-ethyl adjacent to an activating group) is 1. The zero-order valence-electron chi connectivity index (χ0n) is 19.6. The molecule has 0 aliphatic carbocycles. The lowest BCUT2D eigenvalue weighted by Gasteiger charge is -2.25. The lowest BCUT2D eigenvalue weighted by Crippen LogP contribution is -2.37. The van der Waals surface area contributed by atoms with E-state index in [0.29, 0.717) is 37.3 Å². The summed E-state index contributed by atoms with van der Waals surface area (Å²) in [5, 5.41) is 0. The molecule has 0 saturated carbocycles. The van der Waals surface area contributed by atoms with E-state index in [4.69, 9.17) is 4.74 Å². The fraction of sp³-hybridized carbons (Fsp3) is 0.250. The molecule has 2 heterocycles. The first-order chi connectivity index (χ1) is 16.6. The highest BCUT2D eigenvalue weighted by Gasteiger charge is 2.40. The summed E-state index contributed by atoms with van der Waals surface area (Å²) >= 11 is 0. The number of hydrogen-bond acceptors (Lipinski definition) is 5. The molecule has 4 rings (SSSR count). The Morgan fingerprint density at radius 1 is 0.853 bits per heavy atom. The van der Waals surface area contributed by atoms with Gasteiger partial charge in [0.15, 0.2) is 0 Å². The van der Waals surface area contributed by atoms with Crippen LogP contribution in [-0.4, -0.2) is 53.3 Å². The second-order valence-electron chi connectivity index (χ2n) is 8.13. The van der Waals surface area contributed by atoms with Crippen molar-refractivity contribution in [1.29, 1.82) is 0 Å². The predicted octanol–water partition coefficient (Wildman–Crippen LogP) is 3.98. The van der Waals surface area contributed by atoms with E-state index in [0.717, 1.165) is 28.9 Å². The van der Waals surface area contributed by atoms with Gasteiger partial charge in [0, 0.05) is 32.0 Å². The number of hydrogen-bond donors (Lipinski definition) is 0. The van der Waals surface area contributed by atoms with E-state index in [-0.39, 0.29) is 11.8 Å². The molecule has 34 heavy (non-hydrogen) atoms. The number of pyridine rings is 1. The third-order valence-electron chi connectivity index (χ3n) is 6.11. The summed E-state index contributed by atoms with van der Waals surface area (Å²) in [7, 11) is 1.63. The number of aromatic nitrogens is 1. The van der Waals surface area contributed by atoms with Crippen LogP contribution < -0.4 is 4.74 Å². The van der Waals surface area contributed by atoms with Crippen LogP contribution in [0.2, 0.25) is 0 Å². The van der Waals surface area contributed by atoms with E-state index in [2.05, 4.69) is 4.98 Å². The molecule has 0 atom stereocenters. The molecule has 174 valence electrons. The van der Waals surface area contributed by atoms with Gasteiger partial charge >= 0.3 is 0 Å². The molecule has 3 aromatic rings. The molecule has 0 spiro atoms. The van der Waals surface area contributed by atoms with Crippen molar-refractivity contribution in [3.63, 3.8) is 0 Å². The van der Waals surface area contributed by atoms with Crippen LogP contribution in [0.1, 0.15) is 23.6 Å². The second-order valence-corrected chi connectivity index (χ2v) is 8.13. The summed E-state index contributed by atoms with van der Waals surface area (Å²) in [6.07, 6.45) is 4.88. The second kappa shape index (κ2) is 10.8. The van der Waals surface area contributed by atoms with Gasteiger partial charge < -0.3 is 9.64 Å². The maximum Gasteiger partial charge on any atom is 0.277 e. The standard InChI is InChI=1S/C28H29N3O3/c1-3-30(19-15-22-13-17-29-18-14-22)26-25(23-7-5-4-6-8-23)27(32)31(28(26)33)20-16-21-9-11-24(34-2)12-10-21/h4-14,17-18H,3,15-16,19-20H2,1-2H3. The molecule has 2 amide bonds. The first kappa shape index (κ1) is 23.2. The van der Waals surface area contributed by atoms with Crippen molar-refractivity contribution in [3.05, 3.63) is 102 Å². The van der Waals surface area contributed by atoms with E-state index in [1.54, 1.807) is 19.5 Å².